The Morgan fingerprint density at radius 3 is 2.45 bits per heavy atom. The fourth-order valence-corrected chi connectivity index (χ4v) is 3.32. The maximum Gasteiger partial charge on any atom is 0.315 e. The van der Waals surface area contributed by atoms with Gasteiger partial charge in [0.1, 0.15) is 0 Å². The first-order valence-corrected chi connectivity index (χ1v) is 8.67. The molecule has 2 atom stereocenters. The summed E-state index contributed by atoms with van der Waals surface area (Å²) in [6.07, 6.45) is 5.47. The van der Waals surface area contributed by atoms with Gasteiger partial charge in [0.2, 0.25) is 0 Å². The molecule has 0 aromatic carbocycles. The summed E-state index contributed by atoms with van der Waals surface area (Å²) < 4.78 is 0. The van der Waals surface area contributed by atoms with Gasteiger partial charge in [-0.2, -0.15) is 0 Å². The van der Waals surface area contributed by atoms with Gasteiger partial charge in [-0.3, -0.25) is 0 Å². The molecule has 2 amide bonds. The number of likely N-dealkylation sites (tertiary alicyclic amines) is 1. The predicted octanol–water partition coefficient (Wildman–Crippen LogP) is 0.615. The van der Waals surface area contributed by atoms with Crippen LogP contribution in [0.4, 0.5) is 4.79 Å². The van der Waals surface area contributed by atoms with Crippen LogP contribution in [0.25, 0.3) is 0 Å². The van der Waals surface area contributed by atoms with E-state index in [9.17, 15) is 9.90 Å². The molecule has 3 N–H and O–H groups in total. The van der Waals surface area contributed by atoms with E-state index in [1.807, 2.05) is 0 Å². The summed E-state index contributed by atoms with van der Waals surface area (Å²) >= 11 is 0. The number of piperidine rings is 1. The van der Waals surface area contributed by atoms with Crippen LogP contribution in [0.1, 0.15) is 38.5 Å². The van der Waals surface area contributed by atoms with E-state index in [4.69, 9.17) is 0 Å². The van der Waals surface area contributed by atoms with Crippen molar-refractivity contribution in [3.05, 3.63) is 0 Å². The minimum absolute atomic E-state index is 0.0751. The molecule has 1 aliphatic heterocycles. The molecule has 1 aliphatic carbocycles. The van der Waals surface area contributed by atoms with E-state index >= 15 is 0 Å². The summed E-state index contributed by atoms with van der Waals surface area (Å²) in [6.45, 7) is 4.27. The highest BCUT2D eigenvalue weighted by Crippen LogP contribution is 2.18. The molecule has 1 saturated carbocycles. The van der Waals surface area contributed by atoms with Crippen molar-refractivity contribution in [1.82, 2.24) is 20.4 Å². The Hall–Kier alpha value is -0.850. The second-order valence-corrected chi connectivity index (χ2v) is 7.00. The van der Waals surface area contributed by atoms with E-state index in [1.165, 1.54) is 0 Å². The van der Waals surface area contributed by atoms with Crippen molar-refractivity contribution < 1.29 is 9.90 Å². The minimum Gasteiger partial charge on any atom is -0.391 e. The number of carbonyl (C=O) groups is 1. The maximum absolute atomic E-state index is 12.1. The van der Waals surface area contributed by atoms with Crippen LogP contribution in [0.3, 0.4) is 0 Å². The number of likely N-dealkylation sites (N-methyl/N-ethyl adjacent to an activating group) is 1. The van der Waals surface area contributed by atoms with Crippen LogP contribution in [0.2, 0.25) is 0 Å². The van der Waals surface area contributed by atoms with Crippen LogP contribution in [-0.4, -0.2) is 79.4 Å². The topological polar surface area (TPSA) is 67.8 Å². The molecular formula is C16H32N4O2. The molecular weight excluding hydrogens is 280 g/mol. The molecule has 6 nitrogen and oxygen atoms in total. The van der Waals surface area contributed by atoms with Crippen LogP contribution in [0.15, 0.2) is 0 Å². The van der Waals surface area contributed by atoms with Gasteiger partial charge in [-0.05, 0) is 39.8 Å². The van der Waals surface area contributed by atoms with Crippen molar-refractivity contribution in [2.24, 2.45) is 0 Å². The number of aliphatic hydroxyl groups excluding tert-OH is 1. The van der Waals surface area contributed by atoms with Gasteiger partial charge in [0, 0.05) is 32.2 Å². The Morgan fingerprint density at radius 2 is 1.82 bits per heavy atom. The average Bonchev–Trinajstić information content (AvgIpc) is 2.49. The Kier molecular flexibility index (Phi) is 6.92. The molecule has 2 rings (SSSR count). The second kappa shape index (κ2) is 8.70. The number of hydrogen-bond acceptors (Lipinski definition) is 4. The van der Waals surface area contributed by atoms with Gasteiger partial charge in [-0.15, -0.1) is 0 Å². The van der Waals surface area contributed by atoms with E-state index in [0.717, 1.165) is 64.7 Å². The summed E-state index contributed by atoms with van der Waals surface area (Å²) in [5, 5.41) is 15.9. The number of nitrogens with one attached hydrogen (secondary N) is 2. The summed E-state index contributed by atoms with van der Waals surface area (Å²) in [5.74, 6) is 0. The van der Waals surface area contributed by atoms with E-state index in [1.54, 1.807) is 0 Å². The first-order chi connectivity index (χ1) is 10.5. The van der Waals surface area contributed by atoms with E-state index in [0.29, 0.717) is 0 Å². The quantitative estimate of drug-likeness (QED) is 0.696. The zero-order chi connectivity index (χ0) is 15.9. The second-order valence-electron chi connectivity index (χ2n) is 7.00. The molecule has 1 heterocycles. The average molecular weight is 312 g/mol. The molecule has 2 unspecified atom stereocenters. The van der Waals surface area contributed by atoms with Gasteiger partial charge in [0.15, 0.2) is 0 Å². The molecule has 0 bridgehead atoms. The minimum atomic E-state index is -0.382. The van der Waals surface area contributed by atoms with Gasteiger partial charge >= 0.3 is 6.03 Å². The van der Waals surface area contributed by atoms with E-state index in [-0.39, 0.29) is 24.2 Å². The van der Waals surface area contributed by atoms with Crippen molar-refractivity contribution in [2.45, 2.75) is 56.7 Å². The van der Waals surface area contributed by atoms with Gasteiger partial charge in [-0.25, -0.2) is 4.79 Å². The monoisotopic (exact) mass is 312 g/mol. The summed E-state index contributed by atoms with van der Waals surface area (Å²) in [7, 11) is 4.19. The maximum atomic E-state index is 12.1. The lowest BCUT2D eigenvalue weighted by Crippen LogP contribution is -2.53. The molecule has 2 fully saturated rings. The fraction of sp³-hybridized carbons (Fsp3) is 0.938. The van der Waals surface area contributed by atoms with Gasteiger partial charge in [-0.1, -0.05) is 12.8 Å². The first kappa shape index (κ1) is 17.5. The number of amides is 2. The Labute approximate surface area is 134 Å². The smallest absolute Gasteiger partial charge is 0.315 e. The lowest BCUT2D eigenvalue weighted by Gasteiger charge is -2.34. The van der Waals surface area contributed by atoms with Crippen molar-refractivity contribution in [1.29, 1.82) is 0 Å². The molecule has 0 radical (unpaired) electrons. The number of urea groups is 1. The number of aliphatic hydroxyl groups is 1. The molecule has 22 heavy (non-hydrogen) atoms. The van der Waals surface area contributed by atoms with E-state index in [2.05, 4.69) is 34.5 Å². The molecule has 0 spiro atoms. The van der Waals surface area contributed by atoms with Crippen LogP contribution in [0, 0.1) is 0 Å². The first-order valence-electron chi connectivity index (χ1n) is 8.67. The van der Waals surface area contributed by atoms with Gasteiger partial charge < -0.3 is 25.5 Å². The molecule has 0 aromatic heterocycles. The van der Waals surface area contributed by atoms with Crippen molar-refractivity contribution in [2.75, 3.05) is 40.3 Å². The van der Waals surface area contributed by atoms with Gasteiger partial charge in [0.25, 0.3) is 0 Å². The number of nitrogens with zero attached hydrogens (tertiary/aromatic N) is 2. The van der Waals surface area contributed by atoms with Crippen LogP contribution < -0.4 is 10.6 Å². The van der Waals surface area contributed by atoms with E-state index < -0.39 is 0 Å². The summed E-state index contributed by atoms with van der Waals surface area (Å²) in [5.41, 5.74) is 0. The van der Waals surface area contributed by atoms with Crippen LogP contribution in [-0.2, 0) is 0 Å². The summed E-state index contributed by atoms with van der Waals surface area (Å²) in [4.78, 5) is 16.7. The van der Waals surface area contributed by atoms with Crippen molar-refractivity contribution >= 4 is 6.03 Å². The Bertz CT molecular complexity index is 343. The third kappa shape index (κ3) is 5.74. The van der Waals surface area contributed by atoms with Gasteiger partial charge in [0.05, 0.1) is 12.1 Å². The van der Waals surface area contributed by atoms with Crippen molar-refractivity contribution in [3.8, 4) is 0 Å². The van der Waals surface area contributed by atoms with Crippen LogP contribution in [0.5, 0.6) is 0 Å². The largest absolute Gasteiger partial charge is 0.391 e. The number of rotatable bonds is 5. The molecule has 1 saturated heterocycles. The standard InChI is InChI=1S/C16H32N4O2/c1-19(2)11-12-20-9-7-13(8-10-20)17-16(22)18-14-5-3-4-6-15(14)21/h13-15,21H,3-12H2,1-2H3,(H2,17,18,22). The third-order valence-corrected chi connectivity index (χ3v) is 4.83. The number of carbonyl (C=O) groups excluding carboxylic acids is 1. The third-order valence-electron chi connectivity index (χ3n) is 4.83. The lowest BCUT2D eigenvalue weighted by atomic mass is 9.93. The Morgan fingerprint density at radius 1 is 1.14 bits per heavy atom. The summed E-state index contributed by atoms with van der Waals surface area (Å²) in [6, 6.07) is 0.0722. The highest BCUT2D eigenvalue weighted by Gasteiger charge is 2.26. The molecule has 0 aromatic rings. The normalized spacial score (nSPS) is 27.8. The molecule has 2 aliphatic rings. The number of hydrogen-bond donors (Lipinski definition) is 3. The SMILES string of the molecule is CN(C)CCN1CCC(NC(=O)NC2CCCCC2O)CC1. The lowest BCUT2D eigenvalue weighted by molar-refractivity contribution is 0.0934. The Balaban J connectivity index is 1.64. The highest BCUT2D eigenvalue weighted by molar-refractivity contribution is 5.74. The predicted molar refractivity (Wildman–Crippen MR) is 87.9 cm³/mol. The fourth-order valence-electron chi connectivity index (χ4n) is 3.32. The highest BCUT2D eigenvalue weighted by atomic mass is 16.3. The molecule has 128 valence electrons. The van der Waals surface area contributed by atoms with Crippen LogP contribution >= 0.6 is 0 Å². The zero-order valence-electron chi connectivity index (χ0n) is 14.1. The zero-order valence-corrected chi connectivity index (χ0v) is 14.1. The van der Waals surface area contributed by atoms with Crippen molar-refractivity contribution in [3.63, 3.8) is 0 Å². The molecule has 6 heteroatoms.